The van der Waals surface area contributed by atoms with Gasteiger partial charge in [0.05, 0.1) is 23.9 Å². The summed E-state index contributed by atoms with van der Waals surface area (Å²) in [5.41, 5.74) is 0.404. The van der Waals surface area contributed by atoms with Gasteiger partial charge in [0.15, 0.2) is 0 Å². The van der Waals surface area contributed by atoms with E-state index in [0.29, 0.717) is 43.7 Å². The van der Waals surface area contributed by atoms with Crippen LogP contribution in [0.15, 0.2) is 18.2 Å². The van der Waals surface area contributed by atoms with Crippen molar-refractivity contribution in [1.82, 2.24) is 20.3 Å². The molecule has 2 aliphatic heterocycles. The van der Waals surface area contributed by atoms with E-state index in [1.165, 1.54) is 4.90 Å². The number of hydrogen-bond acceptors (Lipinski definition) is 6. The summed E-state index contributed by atoms with van der Waals surface area (Å²) in [6.45, 7) is 2.51. The maximum absolute atomic E-state index is 13.2. The van der Waals surface area contributed by atoms with Crippen molar-refractivity contribution in [2.75, 3.05) is 6.54 Å². The Balaban J connectivity index is 1.29. The van der Waals surface area contributed by atoms with E-state index in [1.54, 1.807) is 12.1 Å². The Labute approximate surface area is 208 Å². The van der Waals surface area contributed by atoms with Crippen LogP contribution >= 0.6 is 11.6 Å². The van der Waals surface area contributed by atoms with E-state index in [2.05, 4.69) is 15.4 Å². The molecule has 2 saturated carbocycles. The highest BCUT2D eigenvalue weighted by atomic mass is 35.5. The van der Waals surface area contributed by atoms with Crippen molar-refractivity contribution in [2.24, 2.45) is 11.8 Å². The van der Waals surface area contributed by atoms with Gasteiger partial charge in [-0.3, -0.25) is 19.2 Å². The van der Waals surface area contributed by atoms with Crippen molar-refractivity contribution in [3.05, 3.63) is 34.3 Å². The maximum Gasteiger partial charge on any atom is 0.408 e. The van der Waals surface area contributed by atoms with Crippen molar-refractivity contribution >= 4 is 39.5 Å². The van der Waals surface area contributed by atoms with Crippen molar-refractivity contribution in [2.45, 2.75) is 68.4 Å². The standard InChI is InChI=1S/C23H29ClN4O6S/c1-2-13-9-23(13,21(30)27-35(33,34)14-6-7-14)26-20(29)18-8-12(10-25-18)19-15-4-3-5-17(24)16(15)11-28(19)22(31)32/h3-5,12-14,18-19,25H,2,6-11H2,1H3,(H,26,29)(H,27,30)(H,31,32)/t12-,13-,18+,19?,23-/m1/s1. The number of nitrogens with zero attached hydrogens (tertiary/aromatic N) is 1. The van der Waals surface area contributed by atoms with Crippen LogP contribution in [0.2, 0.25) is 5.02 Å². The lowest BCUT2D eigenvalue weighted by atomic mass is 9.90. The summed E-state index contributed by atoms with van der Waals surface area (Å²) in [7, 11) is -3.72. The Hall–Kier alpha value is -2.37. The summed E-state index contributed by atoms with van der Waals surface area (Å²) in [5.74, 6) is -1.35. The van der Waals surface area contributed by atoms with E-state index < -0.39 is 44.9 Å². The smallest absolute Gasteiger partial charge is 0.408 e. The molecule has 0 spiro atoms. The van der Waals surface area contributed by atoms with E-state index in [0.717, 1.165) is 11.1 Å². The Morgan fingerprint density at radius 1 is 1.29 bits per heavy atom. The van der Waals surface area contributed by atoms with Gasteiger partial charge in [0.1, 0.15) is 5.54 Å². The summed E-state index contributed by atoms with van der Waals surface area (Å²) in [6.07, 6.45) is 1.42. The zero-order chi connectivity index (χ0) is 25.1. The third-order valence-corrected chi connectivity index (χ3v) is 10.0. The summed E-state index contributed by atoms with van der Waals surface area (Å²) >= 11 is 6.32. The molecule has 0 radical (unpaired) electrons. The fraction of sp³-hybridized carbons (Fsp3) is 0.609. The number of halogens is 1. The summed E-state index contributed by atoms with van der Waals surface area (Å²) in [4.78, 5) is 39.5. The molecule has 0 aromatic heterocycles. The predicted octanol–water partition coefficient (Wildman–Crippen LogP) is 1.75. The average molecular weight is 525 g/mol. The summed E-state index contributed by atoms with van der Waals surface area (Å²) < 4.78 is 26.8. The lowest BCUT2D eigenvalue weighted by Crippen LogP contribution is -2.55. The first-order chi connectivity index (χ1) is 16.6. The van der Waals surface area contributed by atoms with Crippen LogP contribution < -0.4 is 15.4 Å². The second-order valence-corrected chi connectivity index (χ2v) is 12.4. The lowest BCUT2D eigenvalue weighted by Gasteiger charge is -2.27. The van der Waals surface area contributed by atoms with Crippen LogP contribution in [-0.4, -0.2) is 59.7 Å². The highest BCUT2D eigenvalue weighted by Crippen LogP contribution is 2.47. The minimum absolute atomic E-state index is 0.135. The molecule has 190 valence electrons. The van der Waals surface area contributed by atoms with Gasteiger partial charge in [0.25, 0.3) is 5.91 Å². The number of carbonyl (C=O) groups excluding carboxylic acids is 2. The first-order valence-corrected chi connectivity index (χ1v) is 13.9. The molecule has 3 amide bonds. The third-order valence-electron chi connectivity index (χ3n) is 7.86. The highest BCUT2D eigenvalue weighted by molar-refractivity contribution is 7.91. The average Bonchev–Trinajstić information content (AvgIpc) is 3.68. The molecule has 5 rings (SSSR count). The number of hydrogen-bond donors (Lipinski definition) is 4. The molecule has 1 aromatic carbocycles. The van der Waals surface area contributed by atoms with Crippen LogP contribution in [0.5, 0.6) is 0 Å². The lowest BCUT2D eigenvalue weighted by molar-refractivity contribution is -0.130. The Morgan fingerprint density at radius 3 is 2.66 bits per heavy atom. The van der Waals surface area contributed by atoms with Gasteiger partial charge < -0.3 is 15.7 Å². The minimum Gasteiger partial charge on any atom is -0.465 e. The van der Waals surface area contributed by atoms with E-state index in [9.17, 15) is 27.9 Å². The Bertz CT molecular complexity index is 1190. The number of carbonyl (C=O) groups is 3. The maximum atomic E-state index is 13.2. The molecule has 4 N–H and O–H groups in total. The molecule has 1 unspecified atom stereocenters. The summed E-state index contributed by atoms with van der Waals surface area (Å²) in [6, 6.07) is 4.35. The van der Waals surface area contributed by atoms with E-state index in [-0.39, 0.29) is 24.3 Å². The highest BCUT2D eigenvalue weighted by Gasteiger charge is 2.61. The summed E-state index contributed by atoms with van der Waals surface area (Å²) in [5, 5.41) is 15.8. The first-order valence-electron chi connectivity index (χ1n) is 12.0. The van der Waals surface area contributed by atoms with Crippen molar-refractivity contribution in [1.29, 1.82) is 0 Å². The van der Waals surface area contributed by atoms with Crippen LogP contribution in [0.1, 0.15) is 56.2 Å². The quantitative estimate of drug-likeness (QED) is 0.425. The monoisotopic (exact) mass is 524 g/mol. The number of sulfonamides is 1. The second-order valence-electron chi connectivity index (χ2n) is 10.1. The second kappa shape index (κ2) is 8.63. The van der Waals surface area contributed by atoms with Crippen LogP contribution in [0.25, 0.3) is 0 Å². The molecule has 0 bridgehead atoms. The SMILES string of the molecule is CC[C@@H]1C[C@]1(NC(=O)[C@@H]1C[C@@H](C2c3cccc(Cl)c3CN2C(=O)O)CN1)C(=O)NS(=O)(=O)C1CC1. The number of nitrogens with one attached hydrogen (secondary N) is 3. The number of fused-ring (bicyclic) bond motifs is 1. The van der Waals surface area contributed by atoms with Gasteiger partial charge in [-0.1, -0.05) is 37.1 Å². The molecule has 3 fully saturated rings. The molecule has 10 nitrogen and oxygen atoms in total. The number of benzene rings is 1. The van der Waals surface area contributed by atoms with Gasteiger partial charge in [0, 0.05) is 11.6 Å². The van der Waals surface area contributed by atoms with Crippen molar-refractivity contribution in [3.8, 4) is 0 Å². The number of rotatable bonds is 7. The predicted molar refractivity (Wildman–Crippen MR) is 127 cm³/mol. The molecular weight excluding hydrogens is 496 g/mol. The van der Waals surface area contributed by atoms with Crippen LogP contribution in [-0.2, 0) is 26.2 Å². The van der Waals surface area contributed by atoms with Crippen molar-refractivity contribution < 1.29 is 27.9 Å². The Morgan fingerprint density at radius 2 is 2.03 bits per heavy atom. The van der Waals surface area contributed by atoms with Gasteiger partial charge in [0.2, 0.25) is 15.9 Å². The minimum atomic E-state index is -3.72. The molecule has 1 aromatic rings. The fourth-order valence-corrected chi connectivity index (χ4v) is 7.26. The normalized spacial score (nSPS) is 31.7. The zero-order valence-electron chi connectivity index (χ0n) is 19.3. The van der Waals surface area contributed by atoms with Gasteiger partial charge in [-0.25, -0.2) is 13.2 Å². The largest absolute Gasteiger partial charge is 0.465 e. The zero-order valence-corrected chi connectivity index (χ0v) is 20.9. The number of carboxylic acid groups (broad SMARTS) is 1. The molecule has 1 saturated heterocycles. The van der Waals surface area contributed by atoms with Gasteiger partial charge in [-0.05, 0) is 54.7 Å². The molecule has 5 atom stereocenters. The molecule has 4 aliphatic rings. The van der Waals surface area contributed by atoms with Crippen LogP contribution in [0.4, 0.5) is 4.79 Å². The van der Waals surface area contributed by atoms with E-state index in [1.807, 2.05) is 13.0 Å². The number of amides is 3. The van der Waals surface area contributed by atoms with Crippen LogP contribution in [0.3, 0.4) is 0 Å². The molecule has 35 heavy (non-hydrogen) atoms. The Kier molecular flexibility index (Phi) is 6.00. The van der Waals surface area contributed by atoms with Gasteiger partial charge in [-0.15, -0.1) is 0 Å². The van der Waals surface area contributed by atoms with Gasteiger partial charge in [-0.2, -0.15) is 0 Å². The third kappa shape index (κ3) is 4.27. The van der Waals surface area contributed by atoms with Crippen LogP contribution in [0, 0.1) is 11.8 Å². The fourth-order valence-electron chi connectivity index (χ4n) is 5.65. The van der Waals surface area contributed by atoms with Gasteiger partial charge >= 0.3 is 6.09 Å². The molecule has 2 aliphatic carbocycles. The molecule has 12 heteroatoms. The molecular formula is C23H29ClN4O6S. The molecule has 2 heterocycles. The van der Waals surface area contributed by atoms with E-state index >= 15 is 0 Å². The topological polar surface area (TPSA) is 145 Å². The van der Waals surface area contributed by atoms with E-state index in [4.69, 9.17) is 11.6 Å². The first kappa shape index (κ1) is 24.3. The van der Waals surface area contributed by atoms with Crippen molar-refractivity contribution in [3.63, 3.8) is 0 Å².